The Kier molecular flexibility index (Phi) is 4.60. The molecule has 0 aliphatic carbocycles. The SMILES string of the molecule is CCOc1ccc(C2=C(N3CCCC(C)C3)C(=O)N(C)C2=O)cc1. The number of likely N-dealkylation sites (tertiary alicyclic amines) is 1. The molecule has 2 amide bonds. The van der Waals surface area contributed by atoms with Crippen molar-refractivity contribution < 1.29 is 14.3 Å². The van der Waals surface area contributed by atoms with Crippen molar-refractivity contribution in [1.82, 2.24) is 9.80 Å². The van der Waals surface area contributed by atoms with Crippen LogP contribution >= 0.6 is 0 Å². The van der Waals surface area contributed by atoms with Crippen LogP contribution in [-0.2, 0) is 9.59 Å². The predicted molar refractivity (Wildman–Crippen MR) is 92.3 cm³/mol. The van der Waals surface area contributed by atoms with E-state index >= 15 is 0 Å². The van der Waals surface area contributed by atoms with Crippen molar-refractivity contribution in [1.29, 1.82) is 0 Å². The number of hydrogen-bond donors (Lipinski definition) is 0. The van der Waals surface area contributed by atoms with Gasteiger partial charge >= 0.3 is 0 Å². The van der Waals surface area contributed by atoms with Crippen LogP contribution < -0.4 is 4.74 Å². The number of hydrogen-bond acceptors (Lipinski definition) is 4. The molecule has 1 unspecified atom stereocenters. The third-order valence-corrected chi connectivity index (χ3v) is 4.69. The van der Waals surface area contributed by atoms with Crippen LogP contribution in [0, 0.1) is 5.92 Å². The molecule has 5 nitrogen and oxygen atoms in total. The number of carbonyl (C=O) groups excluding carboxylic acids is 2. The van der Waals surface area contributed by atoms with Gasteiger partial charge in [-0.25, -0.2) is 0 Å². The summed E-state index contributed by atoms with van der Waals surface area (Å²) in [5.74, 6) is 0.872. The van der Waals surface area contributed by atoms with Crippen LogP contribution in [0.1, 0.15) is 32.3 Å². The van der Waals surface area contributed by atoms with E-state index in [2.05, 4.69) is 11.8 Å². The van der Waals surface area contributed by atoms with Crippen LogP contribution in [0.2, 0.25) is 0 Å². The zero-order valence-corrected chi connectivity index (χ0v) is 14.5. The fraction of sp³-hybridized carbons (Fsp3) is 0.474. The lowest BCUT2D eigenvalue weighted by Gasteiger charge is -2.33. The quantitative estimate of drug-likeness (QED) is 0.797. The van der Waals surface area contributed by atoms with Crippen molar-refractivity contribution in [3.05, 3.63) is 35.5 Å². The van der Waals surface area contributed by atoms with Gasteiger partial charge in [0.2, 0.25) is 0 Å². The first-order valence-electron chi connectivity index (χ1n) is 8.57. The van der Waals surface area contributed by atoms with E-state index < -0.39 is 0 Å². The fourth-order valence-corrected chi connectivity index (χ4v) is 3.46. The number of benzene rings is 1. The monoisotopic (exact) mass is 328 g/mol. The molecule has 0 spiro atoms. The topological polar surface area (TPSA) is 49.9 Å². The van der Waals surface area contributed by atoms with Crippen molar-refractivity contribution in [2.45, 2.75) is 26.7 Å². The normalized spacial score (nSPS) is 21.7. The zero-order chi connectivity index (χ0) is 17.3. The summed E-state index contributed by atoms with van der Waals surface area (Å²) in [5.41, 5.74) is 1.84. The molecule has 0 saturated carbocycles. The maximum atomic E-state index is 12.7. The van der Waals surface area contributed by atoms with E-state index in [0.717, 1.165) is 30.8 Å². The number of rotatable bonds is 4. The van der Waals surface area contributed by atoms with Gasteiger partial charge in [-0.05, 0) is 43.4 Å². The summed E-state index contributed by atoms with van der Waals surface area (Å²) in [6.07, 6.45) is 2.21. The Bertz CT molecular complexity index is 678. The molecule has 0 radical (unpaired) electrons. The summed E-state index contributed by atoms with van der Waals surface area (Å²) in [4.78, 5) is 28.6. The molecule has 1 aromatic carbocycles. The number of likely N-dealkylation sites (N-methyl/N-ethyl adjacent to an activating group) is 1. The molecule has 0 bridgehead atoms. The van der Waals surface area contributed by atoms with Crippen LogP contribution in [-0.4, -0.2) is 48.4 Å². The minimum Gasteiger partial charge on any atom is -0.494 e. The minimum atomic E-state index is -0.225. The Labute approximate surface area is 142 Å². The molecule has 2 aliphatic heterocycles. The Balaban J connectivity index is 2.01. The highest BCUT2D eigenvalue weighted by atomic mass is 16.5. The van der Waals surface area contributed by atoms with E-state index in [0.29, 0.717) is 23.8 Å². The molecular weight excluding hydrogens is 304 g/mol. The molecule has 5 heteroatoms. The number of carbonyl (C=O) groups is 2. The maximum absolute atomic E-state index is 12.7. The predicted octanol–water partition coefficient (Wildman–Crippen LogP) is 2.53. The standard InChI is InChI=1S/C19H24N2O3/c1-4-24-15-9-7-14(8-10-15)16-17(19(23)20(3)18(16)22)21-11-5-6-13(2)12-21/h7-10,13H,4-6,11-12H2,1-3H3. The highest BCUT2D eigenvalue weighted by Crippen LogP contribution is 2.33. The van der Waals surface area contributed by atoms with Crippen molar-refractivity contribution in [2.24, 2.45) is 5.92 Å². The van der Waals surface area contributed by atoms with Crippen molar-refractivity contribution in [3.8, 4) is 5.75 Å². The van der Waals surface area contributed by atoms with E-state index in [1.54, 1.807) is 7.05 Å². The van der Waals surface area contributed by atoms with Gasteiger partial charge in [-0.1, -0.05) is 19.1 Å². The summed E-state index contributed by atoms with van der Waals surface area (Å²) < 4.78 is 5.46. The third-order valence-electron chi connectivity index (χ3n) is 4.69. The van der Waals surface area contributed by atoms with E-state index in [1.165, 1.54) is 11.3 Å². The largest absolute Gasteiger partial charge is 0.494 e. The first-order valence-corrected chi connectivity index (χ1v) is 8.57. The summed E-state index contributed by atoms with van der Waals surface area (Å²) in [7, 11) is 1.56. The molecule has 1 aromatic rings. The van der Waals surface area contributed by atoms with Crippen LogP contribution in [0.15, 0.2) is 30.0 Å². The van der Waals surface area contributed by atoms with E-state index in [1.807, 2.05) is 31.2 Å². The number of imide groups is 1. The third kappa shape index (κ3) is 2.90. The summed E-state index contributed by atoms with van der Waals surface area (Å²) in [6, 6.07) is 7.41. The lowest BCUT2D eigenvalue weighted by atomic mass is 9.97. The molecule has 24 heavy (non-hydrogen) atoms. The Hall–Kier alpha value is -2.30. The smallest absolute Gasteiger partial charge is 0.277 e. The highest BCUT2D eigenvalue weighted by molar-refractivity contribution is 6.35. The van der Waals surface area contributed by atoms with Gasteiger partial charge in [0.1, 0.15) is 11.4 Å². The van der Waals surface area contributed by atoms with Gasteiger partial charge in [0, 0.05) is 20.1 Å². The molecule has 2 heterocycles. The summed E-state index contributed by atoms with van der Waals surface area (Å²) in [6.45, 7) is 6.36. The van der Waals surface area contributed by atoms with Gasteiger partial charge in [0.25, 0.3) is 11.8 Å². The molecule has 3 rings (SSSR count). The number of piperidine rings is 1. The van der Waals surface area contributed by atoms with E-state index in [4.69, 9.17) is 4.74 Å². The zero-order valence-electron chi connectivity index (χ0n) is 14.5. The van der Waals surface area contributed by atoms with E-state index in [9.17, 15) is 9.59 Å². The van der Waals surface area contributed by atoms with Crippen molar-refractivity contribution in [3.63, 3.8) is 0 Å². The van der Waals surface area contributed by atoms with Crippen LogP contribution in [0.4, 0.5) is 0 Å². The Morgan fingerprint density at radius 1 is 1.17 bits per heavy atom. The van der Waals surface area contributed by atoms with Crippen LogP contribution in [0.3, 0.4) is 0 Å². The molecule has 0 N–H and O–H groups in total. The second-order valence-electron chi connectivity index (χ2n) is 6.54. The van der Waals surface area contributed by atoms with Crippen LogP contribution in [0.5, 0.6) is 5.75 Å². The van der Waals surface area contributed by atoms with Gasteiger partial charge in [-0.15, -0.1) is 0 Å². The average Bonchev–Trinajstić information content (AvgIpc) is 2.80. The van der Waals surface area contributed by atoms with Crippen molar-refractivity contribution >= 4 is 17.4 Å². The van der Waals surface area contributed by atoms with Crippen molar-refractivity contribution in [2.75, 3.05) is 26.7 Å². The molecule has 1 fully saturated rings. The van der Waals surface area contributed by atoms with Gasteiger partial charge in [-0.2, -0.15) is 0 Å². The van der Waals surface area contributed by atoms with Gasteiger partial charge < -0.3 is 9.64 Å². The second kappa shape index (κ2) is 6.67. The molecule has 2 aliphatic rings. The van der Waals surface area contributed by atoms with Gasteiger partial charge in [0.15, 0.2) is 0 Å². The lowest BCUT2D eigenvalue weighted by molar-refractivity contribution is -0.136. The summed E-state index contributed by atoms with van der Waals surface area (Å²) >= 11 is 0. The Morgan fingerprint density at radius 2 is 1.88 bits per heavy atom. The molecule has 1 saturated heterocycles. The van der Waals surface area contributed by atoms with Gasteiger partial charge in [-0.3, -0.25) is 14.5 Å². The van der Waals surface area contributed by atoms with Gasteiger partial charge in [0.05, 0.1) is 12.2 Å². The fourth-order valence-electron chi connectivity index (χ4n) is 3.46. The molecule has 128 valence electrons. The highest BCUT2D eigenvalue weighted by Gasteiger charge is 2.40. The second-order valence-corrected chi connectivity index (χ2v) is 6.54. The number of ether oxygens (including phenoxy) is 1. The number of amides is 2. The molecule has 1 atom stereocenters. The lowest BCUT2D eigenvalue weighted by Crippen LogP contribution is -2.38. The average molecular weight is 328 g/mol. The van der Waals surface area contributed by atoms with Crippen LogP contribution in [0.25, 0.3) is 5.57 Å². The number of nitrogens with zero attached hydrogens (tertiary/aromatic N) is 2. The maximum Gasteiger partial charge on any atom is 0.277 e. The molecular formula is C19H24N2O3. The first-order chi connectivity index (χ1) is 11.5. The summed E-state index contributed by atoms with van der Waals surface area (Å²) in [5, 5.41) is 0. The Morgan fingerprint density at radius 3 is 2.50 bits per heavy atom. The van der Waals surface area contributed by atoms with E-state index in [-0.39, 0.29) is 11.8 Å². The molecule has 0 aromatic heterocycles. The minimum absolute atomic E-state index is 0.196. The first kappa shape index (κ1) is 16.6.